The first-order chi connectivity index (χ1) is 1.73. The zero-order valence-electron chi connectivity index (χ0n) is 3.22. The van der Waals surface area contributed by atoms with E-state index in [0.717, 1.165) is 0 Å². The zero-order chi connectivity index (χ0) is 3.58. The molecule has 5 heteroatoms. The Balaban J connectivity index is -0.0000000450. The predicted molar refractivity (Wildman–Crippen MR) is 11.1 cm³/mol. The minimum Gasteiger partial charge on any atom is -0.652 e. The third-order valence-corrected chi connectivity index (χ3v) is 0. The van der Waals surface area contributed by atoms with Crippen LogP contribution < -0.4 is 29.1 Å². The summed E-state index contributed by atoms with van der Waals surface area (Å²) in [6.45, 7) is 0. The van der Waals surface area contributed by atoms with Crippen LogP contribution in [-0.4, -0.2) is 30.1 Å². The molecule has 0 heterocycles. The van der Waals surface area contributed by atoms with Crippen molar-refractivity contribution < 1.29 is 33.9 Å². The number of carbonyl (C=O) groups excluding carboxylic acids is 1. The van der Waals surface area contributed by atoms with Gasteiger partial charge in [0.1, 0.15) is 0 Å². The first-order valence-electron chi connectivity index (χ1n) is 0.612. The molecule has 0 amide bonds. The molecule has 0 saturated carbocycles. The third kappa shape index (κ3) is 141. The van der Waals surface area contributed by atoms with Crippen LogP contribution in [-0.2, 0) is 0 Å². The van der Waals surface area contributed by atoms with E-state index in [9.17, 15) is 0 Å². The van der Waals surface area contributed by atoms with Crippen LogP contribution in [0.5, 0.6) is 0 Å². The van der Waals surface area contributed by atoms with Gasteiger partial charge in [-0.25, -0.2) is 0 Å². The quantitative estimate of drug-likeness (QED) is 0.354. The molecule has 0 aliphatic carbocycles. The van der Waals surface area contributed by atoms with Gasteiger partial charge in [0.2, 0.25) is 0 Å². The topological polar surface area (TPSA) is 63.2 Å². The normalized spacial score (nSPS) is 4.00. The van der Waals surface area contributed by atoms with Crippen molar-refractivity contribution in [1.82, 2.24) is 0 Å². The van der Waals surface area contributed by atoms with Gasteiger partial charge in [-0.05, 0) is 6.16 Å². The molecule has 0 aromatic carbocycles. The van der Waals surface area contributed by atoms with Crippen molar-refractivity contribution >= 4 is 30.1 Å². The molecule has 0 saturated heterocycles. The van der Waals surface area contributed by atoms with Gasteiger partial charge < -0.3 is 15.0 Å². The monoisotopic (exact) mass is 187 g/mol. The summed E-state index contributed by atoms with van der Waals surface area (Å²) in [6, 6.07) is 0. The van der Waals surface area contributed by atoms with E-state index in [1.54, 1.807) is 0 Å². The molecular formula is CLiO3Sn+3. The molecule has 6 heavy (non-hydrogen) atoms. The maximum absolute atomic E-state index is 8.33. The fourth-order valence-corrected chi connectivity index (χ4v) is 0. The minimum absolute atomic E-state index is 0. The van der Waals surface area contributed by atoms with Crippen LogP contribution in [0.3, 0.4) is 0 Å². The average Bonchev–Trinajstić information content (AvgIpc) is 0.811. The third-order valence-electron chi connectivity index (χ3n) is 0. The van der Waals surface area contributed by atoms with Gasteiger partial charge in [0.25, 0.3) is 0 Å². The molecule has 0 rings (SSSR count). The van der Waals surface area contributed by atoms with Crippen LogP contribution in [0.2, 0.25) is 0 Å². The van der Waals surface area contributed by atoms with Crippen molar-refractivity contribution in [2.24, 2.45) is 0 Å². The van der Waals surface area contributed by atoms with Crippen LogP contribution in [0.25, 0.3) is 0 Å². The Labute approximate surface area is 63.9 Å². The van der Waals surface area contributed by atoms with Gasteiger partial charge in [-0.3, -0.25) is 0 Å². The van der Waals surface area contributed by atoms with Gasteiger partial charge in [-0.2, -0.15) is 0 Å². The summed E-state index contributed by atoms with van der Waals surface area (Å²) in [6.07, 6.45) is -2.33. The van der Waals surface area contributed by atoms with E-state index in [1.165, 1.54) is 0 Å². The summed E-state index contributed by atoms with van der Waals surface area (Å²) in [4.78, 5) is 8.33. The van der Waals surface area contributed by atoms with Gasteiger partial charge in [-0.15, -0.1) is 0 Å². The molecule has 0 aromatic rings. The minimum atomic E-state index is -2.33. The van der Waals surface area contributed by atoms with Crippen molar-refractivity contribution in [3.63, 3.8) is 0 Å². The number of rotatable bonds is 0. The Morgan fingerprint density at radius 2 is 1.33 bits per heavy atom. The molecule has 0 aromatic heterocycles. The fraction of sp³-hybridized carbons (Fsp3) is 0. The molecule has 0 spiro atoms. The maximum Gasteiger partial charge on any atom is 4.00 e. The van der Waals surface area contributed by atoms with E-state index in [4.69, 9.17) is 15.0 Å². The van der Waals surface area contributed by atoms with E-state index in [1.807, 2.05) is 0 Å². The van der Waals surface area contributed by atoms with E-state index in [2.05, 4.69) is 0 Å². The second-order valence-electron chi connectivity index (χ2n) is 0.250. The molecule has 0 atom stereocenters. The molecule has 0 aliphatic rings. The molecule has 0 aliphatic heterocycles. The Morgan fingerprint density at radius 3 is 1.33 bits per heavy atom. The Hall–Kier alpha value is 0.666. The maximum atomic E-state index is 8.33. The average molecular weight is 186 g/mol. The number of hydrogen-bond acceptors (Lipinski definition) is 3. The first-order valence-corrected chi connectivity index (χ1v) is 0.612. The molecule has 0 radical (unpaired) electrons. The predicted octanol–water partition coefficient (Wildman–Crippen LogP) is -5.82. The van der Waals surface area contributed by atoms with Crippen LogP contribution in [0.4, 0.5) is 4.79 Å². The van der Waals surface area contributed by atoms with Crippen LogP contribution in [0.1, 0.15) is 0 Å². The summed E-state index contributed by atoms with van der Waals surface area (Å²) >= 11 is 0. The van der Waals surface area contributed by atoms with Crippen LogP contribution >= 0.6 is 0 Å². The Bertz CT molecular complexity index is 33.8. The van der Waals surface area contributed by atoms with Crippen molar-refractivity contribution in [2.45, 2.75) is 0 Å². The van der Waals surface area contributed by atoms with Crippen LogP contribution in [0, 0.1) is 0 Å². The summed E-state index contributed by atoms with van der Waals surface area (Å²) in [5.41, 5.74) is 0. The number of carbonyl (C=O) groups is 1. The summed E-state index contributed by atoms with van der Waals surface area (Å²) in [5, 5.41) is 16.7. The van der Waals surface area contributed by atoms with Crippen molar-refractivity contribution in [3.05, 3.63) is 0 Å². The summed E-state index contributed by atoms with van der Waals surface area (Å²) in [5.74, 6) is 0. The molecular weight excluding hydrogens is 186 g/mol. The second-order valence-corrected chi connectivity index (χ2v) is 0.250. The molecule has 0 N–H and O–H groups in total. The van der Waals surface area contributed by atoms with Gasteiger partial charge in [-0.1, -0.05) is 0 Å². The van der Waals surface area contributed by atoms with Crippen LogP contribution in [0.15, 0.2) is 0 Å². The Kier molecular flexibility index (Phi) is 24.4. The summed E-state index contributed by atoms with van der Waals surface area (Å²) < 4.78 is 0. The van der Waals surface area contributed by atoms with Crippen molar-refractivity contribution in [3.8, 4) is 0 Å². The zero-order valence-corrected chi connectivity index (χ0v) is 6.08. The van der Waals surface area contributed by atoms with E-state index in [-0.39, 0.29) is 42.8 Å². The second kappa shape index (κ2) is 9.18. The molecule has 3 nitrogen and oxygen atoms in total. The largest absolute Gasteiger partial charge is 4.00 e. The van der Waals surface area contributed by atoms with Gasteiger partial charge in [0.15, 0.2) is 0 Å². The van der Waals surface area contributed by atoms with E-state index >= 15 is 0 Å². The molecule has 0 unspecified atom stereocenters. The fourth-order valence-electron chi connectivity index (χ4n) is 0. The van der Waals surface area contributed by atoms with Crippen molar-refractivity contribution in [2.75, 3.05) is 0 Å². The van der Waals surface area contributed by atoms with Gasteiger partial charge in [0, 0.05) is 0 Å². The SMILES string of the molecule is O=C([O-])[O-].[Li+].[Sn+4]. The molecule has 0 fully saturated rings. The smallest absolute Gasteiger partial charge is 0.652 e. The molecule has 24 valence electrons. The number of hydrogen-bond donors (Lipinski definition) is 0. The van der Waals surface area contributed by atoms with Crippen molar-refractivity contribution in [1.29, 1.82) is 0 Å². The standard InChI is InChI=1S/CH2O3.Li.Sn/c2-1(3)4;;/h(H2,2,3,4);;/q;+1;+4/p-2. The van der Waals surface area contributed by atoms with Gasteiger partial charge >= 0.3 is 42.8 Å². The van der Waals surface area contributed by atoms with Gasteiger partial charge in [0.05, 0.1) is 0 Å². The Morgan fingerprint density at radius 1 is 1.33 bits per heavy atom. The number of carboxylic acid groups (broad SMARTS) is 2. The molecule has 0 bridgehead atoms. The first kappa shape index (κ1) is 15.9. The summed E-state index contributed by atoms with van der Waals surface area (Å²) in [7, 11) is 0. The van der Waals surface area contributed by atoms with E-state index in [0.29, 0.717) is 0 Å². The van der Waals surface area contributed by atoms with E-state index < -0.39 is 6.16 Å².